The Bertz CT molecular complexity index is 1020. The molecular weight excluding hydrogens is 413 g/mol. The molecule has 0 bridgehead atoms. The van der Waals surface area contributed by atoms with E-state index < -0.39 is 12.6 Å². The molecule has 1 saturated heterocycles. The second-order valence-corrected chi connectivity index (χ2v) is 6.89. The lowest BCUT2D eigenvalue weighted by atomic mass is 9.94. The molecule has 0 amide bonds. The summed E-state index contributed by atoms with van der Waals surface area (Å²) >= 11 is 0. The summed E-state index contributed by atoms with van der Waals surface area (Å²) in [5.74, 6) is 0.519. The third kappa shape index (κ3) is 4.78. The first-order valence-electron chi connectivity index (χ1n) is 9.12. The first-order chi connectivity index (χ1) is 13.4. The predicted molar refractivity (Wildman–Crippen MR) is 100 cm³/mol. The van der Waals surface area contributed by atoms with Crippen molar-refractivity contribution in [3.63, 3.8) is 0 Å². The maximum absolute atomic E-state index is 12.3. The van der Waals surface area contributed by atoms with Crippen LogP contribution in [0.1, 0.15) is 43.1 Å². The Morgan fingerprint density at radius 2 is 2.03 bits per heavy atom. The van der Waals surface area contributed by atoms with Crippen LogP contribution in [0.15, 0.2) is 21.6 Å². The zero-order chi connectivity index (χ0) is 19.7. The highest BCUT2D eigenvalue weighted by Crippen LogP contribution is 2.28. The van der Waals surface area contributed by atoms with Crippen molar-refractivity contribution in [2.24, 2.45) is 0 Å². The van der Waals surface area contributed by atoms with Gasteiger partial charge in [-0.3, -0.25) is 4.79 Å². The molecule has 29 heavy (non-hydrogen) atoms. The minimum Gasteiger partial charge on any atom is -0.334 e. The third-order valence-electron chi connectivity index (χ3n) is 4.85. The Labute approximate surface area is 169 Å². The first kappa shape index (κ1) is 21.3. The highest BCUT2D eigenvalue weighted by Gasteiger charge is 2.27. The Morgan fingerprint density at radius 3 is 2.76 bits per heavy atom. The van der Waals surface area contributed by atoms with Gasteiger partial charge in [0.15, 0.2) is 5.82 Å². The Kier molecular flexibility index (Phi) is 6.27. The fourth-order valence-corrected chi connectivity index (χ4v) is 3.49. The lowest BCUT2D eigenvalue weighted by Gasteiger charge is -2.23. The van der Waals surface area contributed by atoms with Crippen LogP contribution in [0.5, 0.6) is 0 Å². The predicted octanol–water partition coefficient (Wildman–Crippen LogP) is 2.85. The maximum atomic E-state index is 12.3. The van der Waals surface area contributed by atoms with Gasteiger partial charge in [0.05, 0.1) is 11.9 Å². The molecular formula is C17H20ClF3N6O2. The summed E-state index contributed by atoms with van der Waals surface area (Å²) < 4.78 is 43.7. The van der Waals surface area contributed by atoms with Gasteiger partial charge in [-0.2, -0.15) is 23.3 Å². The van der Waals surface area contributed by atoms with Crippen LogP contribution < -0.4 is 10.9 Å². The van der Waals surface area contributed by atoms with Crippen LogP contribution in [0, 0.1) is 0 Å². The van der Waals surface area contributed by atoms with Crippen molar-refractivity contribution >= 4 is 18.1 Å². The van der Waals surface area contributed by atoms with Gasteiger partial charge in [0, 0.05) is 24.8 Å². The van der Waals surface area contributed by atoms with Crippen LogP contribution in [0.25, 0.3) is 17.1 Å². The summed E-state index contributed by atoms with van der Waals surface area (Å²) in [6.07, 6.45) is -1.86. The molecule has 0 aromatic carbocycles. The quantitative estimate of drug-likeness (QED) is 0.643. The van der Waals surface area contributed by atoms with Gasteiger partial charge in [-0.15, -0.1) is 12.4 Å². The molecule has 3 aromatic heterocycles. The van der Waals surface area contributed by atoms with Crippen LogP contribution >= 0.6 is 12.4 Å². The topological polar surface area (TPSA) is 101 Å². The molecule has 0 radical (unpaired) electrons. The van der Waals surface area contributed by atoms with E-state index in [9.17, 15) is 18.0 Å². The molecule has 158 valence electrons. The van der Waals surface area contributed by atoms with Crippen LogP contribution in [0.2, 0.25) is 0 Å². The highest BCUT2D eigenvalue weighted by atomic mass is 35.5. The number of halogens is 4. The minimum atomic E-state index is -4.21. The molecule has 1 aliphatic rings. The number of hydrogen-bond donors (Lipinski definition) is 2. The molecule has 0 atom stereocenters. The number of rotatable bonds is 5. The Morgan fingerprint density at radius 1 is 1.28 bits per heavy atom. The molecule has 0 aliphatic carbocycles. The van der Waals surface area contributed by atoms with Gasteiger partial charge in [0.1, 0.15) is 11.2 Å². The number of fused-ring (bicyclic) bond motifs is 1. The van der Waals surface area contributed by atoms with E-state index in [-0.39, 0.29) is 48.4 Å². The van der Waals surface area contributed by atoms with E-state index in [1.165, 1.54) is 6.20 Å². The van der Waals surface area contributed by atoms with E-state index in [2.05, 4.69) is 25.5 Å². The van der Waals surface area contributed by atoms with Crippen LogP contribution in [0.4, 0.5) is 13.2 Å². The van der Waals surface area contributed by atoms with Gasteiger partial charge in [-0.05, 0) is 32.4 Å². The van der Waals surface area contributed by atoms with Crippen molar-refractivity contribution < 1.29 is 17.7 Å². The largest absolute Gasteiger partial charge is 0.389 e. The normalized spacial score (nSPS) is 15.6. The van der Waals surface area contributed by atoms with Crippen LogP contribution in [0.3, 0.4) is 0 Å². The molecule has 1 fully saturated rings. The molecule has 4 rings (SSSR count). The molecule has 3 aromatic rings. The van der Waals surface area contributed by atoms with E-state index in [4.69, 9.17) is 4.52 Å². The highest BCUT2D eigenvalue weighted by molar-refractivity contribution is 5.85. The second-order valence-electron chi connectivity index (χ2n) is 6.89. The van der Waals surface area contributed by atoms with Crippen molar-refractivity contribution in [1.82, 2.24) is 30.1 Å². The zero-order valence-corrected chi connectivity index (χ0v) is 16.1. The number of alkyl halides is 3. The number of aryl methyl sites for hydroxylation is 1. The number of H-pyrrole nitrogens is 1. The van der Waals surface area contributed by atoms with Gasteiger partial charge < -0.3 is 14.8 Å². The summed E-state index contributed by atoms with van der Waals surface area (Å²) in [5, 5.41) is 11.4. The maximum Gasteiger partial charge on any atom is 0.389 e. The zero-order valence-electron chi connectivity index (χ0n) is 15.3. The van der Waals surface area contributed by atoms with E-state index in [0.717, 1.165) is 31.6 Å². The van der Waals surface area contributed by atoms with E-state index in [0.29, 0.717) is 11.2 Å². The fourth-order valence-electron chi connectivity index (χ4n) is 3.49. The van der Waals surface area contributed by atoms with Gasteiger partial charge in [-0.25, -0.2) is 4.52 Å². The minimum absolute atomic E-state index is 0. The Balaban J connectivity index is 0.00000240. The molecule has 0 unspecified atom stereocenters. The average molecular weight is 433 g/mol. The Hall–Kier alpha value is -2.40. The molecule has 1 aliphatic heterocycles. The number of piperidine rings is 1. The molecule has 0 saturated carbocycles. The summed E-state index contributed by atoms with van der Waals surface area (Å²) in [6.45, 7) is 1.75. The van der Waals surface area contributed by atoms with Gasteiger partial charge in [0.25, 0.3) is 11.4 Å². The summed E-state index contributed by atoms with van der Waals surface area (Å²) in [7, 11) is 0. The summed E-state index contributed by atoms with van der Waals surface area (Å²) in [4.78, 5) is 19.1. The number of nitrogens with zero attached hydrogens (tertiary/aromatic N) is 4. The summed E-state index contributed by atoms with van der Waals surface area (Å²) in [5.41, 5.74) is 1.44. The van der Waals surface area contributed by atoms with Gasteiger partial charge in [0.2, 0.25) is 0 Å². The van der Waals surface area contributed by atoms with Crippen molar-refractivity contribution in [2.75, 3.05) is 13.1 Å². The van der Waals surface area contributed by atoms with Crippen LogP contribution in [-0.2, 0) is 6.42 Å². The van der Waals surface area contributed by atoms with Crippen molar-refractivity contribution in [2.45, 2.75) is 44.2 Å². The number of aromatic nitrogens is 5. The number of hydrogen-bond acceptors (Lipinski definition) is 6. The fraction of sp³-hybridized carbons (Fsp3) is 0.529. The number of aromatic amines is 1. The molecule has 0 spiro atoms. The van der Waals surface area contributed by atoms with Crippen molar-refractivity contribution in [1.29, 1.82) is 0 Å². The molecule has 4 heterocycles. The summed E-state index contributed by atoms with van der Waals surface area (Å²) in [6, 6.07) is 1.55. The second kappa shape index (κ2) is 8.54. The lowest BCUT2D eigenvalue weighted by molar-refractivity contribution is -0.135. The lowest BCUT2D eigenvalue weighted by Crippen LogP contribution is -2.28. The smallest absolute Gasteiger partial charge is 0.334 e. The van der Waals surface area contributed by atoms with Crippen molar-refractivity contribution in [3.8, 4) is 11.5 Å². The molecule has 2 N–H and O–H groups in total. The van der Waals surface area contributed by atoms with E-state index in [1.807, 2.05) is 0 Å². The molecule has 12 heteroatoms. The monoisotopic (exact) mass is 432 g/mol. The van der Waals surface area contributed by atoms with Gasteiger partial charge >= 0.3 is 6.18 Å². The third-order valence-corrected chi connectivity index (χ3v) is 4.85. The van der Waals surface area contributed by atoms with Crippen LogP contribution in [-0.4, -0.2) is 44.0 Å². The van der Waals surface area contributed by atoms with Gasteiger partial charge in [-0.1, -0.05) is 5.16 Å². The SMILES string of the molecule is Cl.O=c1cc(C2CCNCC2)n2ncc(-c3nc(CCCC(F)(F)F)no3)c2[nH]1. The average Bonchev–Trinajstić information content (AvgIpc) is 3.27. The molecule has 8 nitrogen and oxygen atoms in total. The van der Waals surface area contributed by atoms with Crippen molar-refractivity contribution in [3.05, 3.63) is 34.1 Å². The van der Waals surface area contributed by atoms with E-state index >= 15 is 0 Å². The number of nitrogens with one attached hydrogen (secondary N) is 2. The standard InChI is InChI=1S/C17H19F3N6O2.ClH/c18-17(19,20)5-1-2-13-23-16(28-25-13)11-9-22-26-12(8-14(27)24-15(11)26)10-3-6-21-7-4-10;/h8-10,21H,1-7H2,(H,24,27);1H. The first-order valence-corrected chi connectivity index (χ1v) is 9.12. The van der Waals surface area contributed by atoms with E-state index in [1.54, 1.807) is 10.6 Å².